The van der Waals surface area contributed by atoms with Gasteiger partial charge in [0.25, 0.3) is 5.56 Å². The zero-order valence-electron chi connectivity index (χ0n) is 11.3. The zero-order chi connectivity index (χ0) is 14.8. The number of fused-ring (bicyclic) bond motifs is 1. The van der Waals surface area contributed by atoms with Gasteiger partial charge in [0.1, 0.15) is 5.25 Å². The van der Waals surface area contributed by atoms with Gasteiger partial charge in [-0.2, -0.15) is 0 Å². The summed E-state index contributed by atoms with van der Waals surface area (Å²) in [6, 6.07) is 7.20. The number of carbonyl (C=O) groups excluding carboxylic acids is 1. The molecular formula is C15H14N2O3S. The minimum atomic E-state index is -0.297. The van der Waals surface area contributed by atoms with Crippen LogP contribution in [0.5, 0.6) is 0 Å². The molecule has 0 amide bonds. The predicted molar refractivity (Wildman–Crippen MR) is 81.4 cm³/mol. The molecule has 1 aliphatic heterocycles. The van der Waals surface area contributed by atoms with E-state index in [1.807, 2.05) is 12.1 Å². The van der Waals surface area contributed by atoms with E-state index in [1.165, 1.54) is 11.8 Å². The van der Waals surface area contributed by atoms with Crippen LogP contribution in [0.4, 0.5) is 0 Å². The van der Waals surface area contributed by atoms with E-state index >= 15 is 0 Å². The molecule has 0 N–H and O–H groups in total. The molecule has 6 heteroatoms. The number of rotatable bonds is 4. The Morgan fingerprint density at radius 2 is 2.24 bits per heavy atom. The Morgan fingerprint density at radius 3 is 2.95 bits per heavy atom. The third kappa shape index (κ3) is 2.58. The second kappa shape index (κ2) is 5.73. The molecule has 108 valence electrons. The highest BCUT2D eigenvalue weighted by atomic mass is 32.2. The van der Waals surface area contributed by atoms with Gasteiger partial charge in [-0.05, 0) is 12.1 Å². The Kier molecular flexibility index (Phi) is 3.79. The van der Waals surface area contributed by atoms with Crippen LogP contribution in [0.15, 0.2) is 46.9 Å². The average Bonchev–Trinajstić information content (AvgIpc) is 2.88. The molecule has 0 spiro atoms. The maximum absolute atomic E-state index is 12.5. The quantitative estimate of drug-likeness (QED) is 0.491. The Labute approximate surface area is 125 Å². The van der Waals surface area contributed by atoms with Gasteiger partial charge in [0.15, 0.2) is 5.16 Å². The lowest BCUT2D eigenvalue weighted by Crippen LogP contribution is -2.24. The third-order valence-electron chi connectivity index (χ3n) is 3.27. The summed E-state index contributed by atoms with van der Waals surface area (Å²) in [5.74, 6) is -0.243. The minimum absolute atomic E-state index is 0.116. The molecule has 0 radical (unpaired) electrons. The molecule has 2 heterocycles. The lowest BCUT2D eigenvalue weighted by atomic mass is 10.2. The Bertz CT molecular complexity index is 769. The molecule has 1 saturated heterocycles. The van der Waals surface area contributed by atoms with Crippen molar-refractivity contribution in [3.8, 4) is 0 Å². The topological polar surface area (TPSA) is 61.2 Å². The van der Waals surface area contributed by atoms with Crippen molar-refractivity contribution in [2.45, 2.75) is 23.4 Å². The van der Waals surface area contributed by atoms with E-state index in [9.17, 15) is 9.59 Å². The minimum Gasteiger partial charge on any atom is -0.465 e. The summed E-state index contributed by atoms with van der Waals surface area (Å²) in [6.07, 6.45) is 2.29. The first-order valence-electron chi connectivity index (χ1n) is 6.64. The van der Waals surface area contributed by atoms with Crippen LogP contribution in [0, 0.1) is 0 Å². The molecule has 1 aromatic carbocycles. The van der Waals surface area contributed by atoms with E-state index in [1.54, 1.807) is 22.8 Å². The number of nitrogens with zero attached hydrogens (tertiary/aromatic N) is 2. The van der Waals surface area contributed by atoms with Crippen molar-refractivity contribution in [3.63, 3.8) is 0 Å². The van der Waals surface area contributed by atoms with Gasteiger partial charge in [0.2, 0.25) is 0 Å². The van der Waals surface area contributed by atoms with E-state index in [0.717, 1.165) is 0 Å². The largest absolute Gasteiger partial charge is 0.465 e. The summed E-state index contributed by atoms with van der Waals surface area (Å²) in [6.45, 7) is 4.46. The highest BCUT2D eigenvalue weighted by Crippen LogP contribution is 2.28. The van der Waals surface area contributed by atoms with Crippen molar-refractivity contribution in [1.29, 1.82) is 0 Å². The molecule has 0 aliphatic carbocycles. The first kappa shape index (κ1) is 13.9. The van der Waals surface area contributed by atoms with Crippen molar-refractivity contribution >= 4 is 28.6 Å². The second-order valence-corrected chi connectivity index (χ2v) is 5.85. The van der Waals surface area contributed by atoms with Crippen molar-refractivity contribution in [2.24, 2.45) is 0 Å². The van der Waals surface area contributed by atoms with Crippen LogP contribution in [0.25, 0.3) is 10.9 Å². The van der Waals surface area contributed by atoms with Crippen LogP contribution in [0.2, 0.25) is 0 Å². The Hall–Kier alpha value is -2.08. The number of ether oxygens (including phenoxy) is 1. The fourth-order valence-electron chi connectivity index (χ4n) is 2.24. The van der Waals surface area contributed by atoms with Gasteiger partial charge < -0.3 is 4.74 Å². The van der Waals surface area contributed by atoms with Crippen molar-refractivity contribution in [3.05, 3.63) is 47.3 Å². The van der Waals surface area contributed by atoms with Gasteiger partial charge in [-0.3, -0.25) is 14.2 Å². The first-order chi connectivity index (χ1) is 10.2. The molecule has 1 fully saturated rings. The summed E-state index contributed by atoms with van der Waals surface area (Å²) in [5, 5.41) is 0.800. The van der Waals surface area contributed by atoms with Crippen molar-refractivity contribution in [2.75, 3.05) is 6.61 Å². The van der Waals surface area contributed by atoms with E-state index in [2.05, 4.69) is 11.6 Å². The summed E-state index contributed by atoms with van der Waals surface area (Å²) >= 11 is 1.28. The lowest BCUT2D eigenvalue weighted by molar-refractivity contribution is -0.137. The number of cyclic esters (lactones) is 1. The lowest BCUT2D eigenvalue weighted by Gasteiger charge is -2.12. The molecule has 21 heavy (non-hydrogen) atoms. The fourth-order valence-corrected chi connectivity index (χ4v) is 3.31. The molecule has 1 atom stereocenters. The molecule has 1 aromatic heterocycles. The fraction of sp³-hybridized carbons (Fsp3) is 0.267. The van der Waals surface area contributed by atoms with Gasteiger partial charge in [0, 0.05) is 13.0 Å². The van der Waals surface area contributed by atoms with E-state index in [-0.39, 0.29) is 16.8 Å². The van der Waals surface area contributed by atoms with Gasteiger partial charge in [-0.1, -0.05) is 30.0 Å². The molecule has 0 unspecified atom stereocenters. The number of benzene rings is 1. The maximum atomic E-state index is 12.5. The number of aromatic nitrogens is 2. The molecule has 5 nitrogen and oxygen atoms in total. The van der Waals surface area contributed by atoms with E-state index < -0.39 is 0 Å². The van der Waals surface area contributed by atoms with Crippen LogP contribution in [0.1, 0.15) is 6.42 Å². The number of thioether (sulfide) groups is 1. The van der Waals surface area contributed by atoms with Gasteiger partial charge in [-0.15, -0.1) is 6.58 Å². The zero-order valence-corrected chi connectivity index (χ0v) is 12.1. The van der Waals surface area contributed by atoms with Crippen LogP contribution in [-0.4, -0.2) is 27.4 Å². The SMILES string of the molecule is C=CCn1c(S[C@H]2CCOC2=O)nc2ccccc2c1=O. The van der Waals surface area contributed by atoms with Gasteiger partial charge in [-0.25, -0.2) is 4.98 Å². The molecule has 0 bridgehead atoms. The summed E-state index contributed by atoms with van der Waals surface area (Å²) in [4.78, 5) is 28.7. The number of para-hydroxylation sites is 1. The van der Waals surface area contributed by atoms with E-state index in [0.29, 0.717) is 35.6 Å². The molecule has 1 aliphatic rings. The highest BCUT2D eigenvalue weighted by Gasteiger charge is 2.29. The molecule has 2 aromatic rings. The Morgan fingerprint density at radius 1 is 1.43 bits per heavy atom. The summed E-state index contributed by atoms with van der Waals surface area (Å²) in [5.41, 5.74) is 0.519. The second-order valence-electron chi connectivity index (χ2n) is 4.68. The smallest absolute Gasteiger partial charge is 0.319 e. The van der Waals surface area contributed by atoms with Crippen LogP contribution < -0.4 is 5.56 Å². The number of esters is 1. The summed E-state index contributed by atoms with van der Waals surface area (Å²) < 4.78 is 6.51. The highest BCUT2D eigenvalue weighted by molar-refractivity contribution is 8.00. The molecule has 3 rings (SSSR count). The number of hydrogen-bond acceptors (Lipinski definition) is 5. The van der Waals surface area contributed by atoms with Crippen LogP contribution >= 0.6 is 11.8 Å². The number of allylic oxidation sites excluding steroid dienone is 1. The van der Waals surface area contributed by atoms with Gasteiger partial charge >= 0.3 is 5.97 Å². The average molecular weight is 302 g/mol. The van der Waals surface area contributed by atoms with Crippen molar-refractivity contribution in [1.82, 2.24) is 9.55 Å². The first-order valence-corrected chi connectivity index (χ1v) is 7.52. The van der Waals surface area contributed by atoms with Crippen molar-refractivity contribution < 1.29 is 9.53 Å². The standard InChI is InChI=1S/C15H14N2O3S/c1-2-8-17-13(18)10-5-3-4-6-11(10)16-15(17)21-12-7-9-20-14(12)19/h2-6,12H,1,7-9H2/t12-/m0/s1. The van der Waals surface area contributed by atoms with E-state index in [4.69, 9.17) is 4.74 Å². The van der Waals surface area contributed by atoms with Crippen LogP contribution in [0.3, 0.4) is 0 Å². The Balaban J connectivity index is 2.10. The monoisotopic (exact) mass is 302 g/mol. The third-order valence-corrected chi connectivity index (χ3v) is 4.51. The maximum Gasteiger partial charge on any atom is 0.319 e. The number of hydrogen-bond donors (Lipinski definition) is 0. The normalized spacial score (nSPS) is 17.9. The number of carbonyl (C=O) groups is 1. The summed E-state index contributed by atoms with van der Waals surface area (Å²) in [7, 11) is 0. The molecule has 0 saturated carbocycles. The van der Waals surface area contributed by atoms with Gasteiger partial charge in [0.05, 0.1) is 17.5 Å². The molecular weight excluding hydrogens is 288 g/mol. The van der Waals surface area contributed by atoms with Crippen LogP contribution in [-0.2, 0) is 16.1 Å². The predicted octanol–water partition coefficient (Wildman–Crippen LogP) is 1.99.